The third-order valence-corrected chi connectivity index (χ3v) is 3.87. The fourth-order valence-electron chi connectivity index (χ4n) is 2.30. The van der Waals surface area contributed by atoms with Gasteiger partial charge in [-0.05, 0) is 29.8 Å². The molecule has 2 aromatic rings. The van der Waals surface area contributed by atoms with Crippen LogP contribution in [-0.2, 0) is 11.4 Å². The molecule has 2 N–H and O–H groups in total. The van der Waals surface area contributed by atoms with Crippen molar-refractivity contribution in [3.63, 3.8) is 0 Å². The molecule has 1 heterocycles. The molecule has 27 heavy (non-hydrogen) atoms. The van der Waals surface area contributed by atoms with Gasteiger partial charge < -0.3 is 24.8 Å². The highest BCUT2D eigenvalue weighted by Crippen LogP contribution is 2.31. The lowest BCUT2D eigenvalue weighted by Crippen LogP contribution is -2.36. The number of hydrogen-bond donors (Lipinski definition) is 2. The largest absolute Gasteiger partial charge is 0.493 e. The molecule has 1 atom stereocenters. The van der Waals surface area contributed by atoms with E-state index in [1.165, 1.54) is 12.0 Å². The second-order valence-electron chi connectivity index (χ2n) is 6.06. The number of carbonyl (C=O) groups excluding carboxylic acids is 1. The van der Waals surface area contributed by atoms with Crippen LogP contribution in [0.25, 0.3) is 0 Å². The third kappa shape index (κ3) is 5.88. The smallest absolute Gasteiger partial charge is 0.321 e. The van der Waals surface area contributed by atoms with Crippen molar-refractivity contribution in [2.45, 2.75) is 13.5 Å². The molecule has 0 fully saturated rings. The number of anilines is 1. The summed E-state index contributed by atoms with van der Waals surface area (Å²) in [6, 6.07) is 8.31. The summed E-state index contributed by atoms with van der Waals surface area (Å²) in [5, 5.41) is 11.7. The molecule has 0 aliphatic carbocycles. The van der Waals surface area contributed by atoms with E-state index >= 15 is 0 Å². The first kappa shape index (κ1) is 20.0. The molecule has 0 aliphatic heterocycles. The molecule has 144 valence electrons. The van der Waals surface area contributed by atoms with Gasteiger partial charge in [0.2, 0.25) is 0 Å². The van der Waals surface area contributed by atoms with Crippen LogP contribution in [0.2, 0.25) is 0 Å². The number of carboxylic acids is 1. The number of hydrogen-bond acceptors (Lipinski definition) is 5. The third-order valence-electron chi connectivity index (χ3n) is 3.87. The normalized spacial score (nSPS) is 11.4. The summed E-state index contributed by atoms with van der Waals surface area (Å²) in [5.41, 5.74) is 1.46. The van der Waals surface area contributed by atoms with E-state index in [9.17, 15) is 9.59 Å². The summed E-state index contributed by atoms with van der Waals surface area (Å²) in [6.45, 7) is 1.97. The summed E-state index contributed by atoms with van der Waals surface area (Å²) in [4.78, 5) is 28.5. The Morgan fingerprint density at radius 1 is 1.22 bits per heavy atom. The van der Waals surface area contributed by atoms with Crippen molar-refractivity contribution in [2.75, 3.05) is 26.0 Å². The van der Waals surface area contributed by atoms with Gasteiger partial charge in [0.25, 0.3) is 0 Å². The Bertz CT molecular complexity index is 782. The highest BCUT2D eigenvalue weighted by Gasteiger charge is 2.18. The highest BCUT2D eigenvalue weighted by atomic mass is 16.5. The van der Waals surface area contributed by atoms with Gasteiger partial charge >= 0.3 is 12.0 Å². The quantitative estimate of drug-likeness (QED) is 0.738. The Morgan fingerprint density at radius 3 is 2.56 bits per heavy atom. The van der Waals surface area contributed by atoms with Crippen molar-refractivity contribution in [2.24, 2.45) is 5.92 Å². The van der Waals surface area contributed by atoms with Gasteiger partial charge in [0.1, 0.15) is 6.61 Å². The van der Waals surface area contributed by atoms with Crippen LogP contribution in [0.4, 0.5) is 10.5 Å². The van der Waals surface area contributed by atoms with Gasteiger partial charge in [-0.25, -0.2) is 4.79 Å². The number of benzene rings is 1. The molecule has 0 spiro atoms. The molecule has 2 amide bonds. The molecule has 1 aromatic heterocycles. The maximum Gasteiger partial charge on any atom is 0.321 e. The number of aliphatic carboxylic acids is 1. The number of pyridine rings is 1. The lowest BCUT2D eigenvalue weighted by atomic mass is 10.2. The van der Waals surface area contributed by atoms with Crippen LogP contribution >= 0.6 is 0 Å². The predicted octanol–water partition coefficient (Wildman–Crippen LogP) is 2.85. The van der Waals surface area contributed by atoms with Crippen LogP contribution in [0.1, 0.15) is 12.5 Å². The Balaban J connectivity index is 2.04. The van der Waals surface area contributed by atoms with Crippen LogP contribution in [0.15, 0.2) is 42.7 Å². The fraction of sp³-hybridized carbons (Fsp3) is 0.316. The molecule has 0 radical (unpaired) electrons. The Hall–Kier alpha value is -3.29. The first-order valence-electron chi connectivity index (χ1n) is 8.35. The second kappa shape index (κ2) is 9.42. The first-order valence-corrected chi connectivity index (χ1v) is 8.35. The van der Waals surface area contributed by atoms with Gasteiger partial charge in [0.05, 0.1) is 13.0 Å². The van der Waals surface area contributed by atoms with Crippen LogP contribution in [-0.4, -0.2) is 47.7 Å². The van der Waals surface area contributed by atoms with Crippen molar-refractivity contribution in [3.8, 4) is 11.5 Å². The zero-order valence-corrected chi connectivity index (χ0v) is 15.5. The van der Waals surface area contributed by atoms with Gasteiger partial charge in [-0.1, -0.05) is 6.92 Å². The van der Waals surface area contributed by atoms with Crippen LogP contribution in [0, 0.1) is 5.92 Å². The molecule has 0 saturated heterocycles. The second-order valence-corrected chi connectivity index (χ2v) is 6.06. The monoisotopic (exact) mass is 373 g/mol. The number of ether oxygens (including phenoxy) is 2. The maximum atomic E-state index is 12.3. The molecule has 8 nitrogen and oxygen atoms in total. The van der Waals surface area contributed by atoms with E-state index < -0.39 is 17.9 Å². The molecule has 1 unspecified atom stereocenters. The average molecular weight is 373 g/mol. The summed E-state index contributed by atoms with van der Waals surface area (Å²) in [5.74, 6) is -0.592. The Kier molecular flexibility index (Phi) is 6.99. The van der Waals surface area contributed by atoms with Crippen LogP contribution in [0.3, 0.4) is 0 Å². The summed E-state index contributed by atoms with van der Waals surface area (Å²) in [6.07, 6.45) is 3.36. The topological polar surface area (TPSA) is 101 Å². The number of nitrogens with one attached hydrogen (secondary N) is 1. The van der Waals surface area contributed by atoms with E-state index in [1.54, 1.807) is 44.6 Å². The van der Waals surface area contributed by atoms with Crippen molar-refractivity contribution in [3.05, 3.63) is 48.3 Å². The molecule has 0 aliphatic rings. The number of nitrogens with zero attached hydrogens (tertiary/aromatic N) is 2. The fourth-order valence-corrected chi connectivity index (χ4v) is 2.30. The number of rotatable bonds is 8. The number of aromatic nitrogens is 1. The summed E-state index contributed by atoms with van der Waals surface area (Å²) >= 11 is 0. The van der Waals surface area contributed by atoms with Crippen LogP contribution in [0.5, 0.6) is 11.5 Å². The summed E-state index contributed by atoms with van der Waals surface area (Å²) < 4.78 is 11.1. The zero-order valence-electron chi connectivity index (χ0n) is 15.5. The molecule has 0 saturated carbocycles. The number of methoxy groups -OCH3 is 1. The lowest BCUT2D eigenvalue weighted by molar-refractivity contribution is -0.141. The van der Waals surface area contributed by atoms with E-state index in [0.717, 1.165) is 5.56 Å². The van der Waals surface area contributed by atoms with E-state index in [-0.39, 0.29) is 6.54 Å². The van der Waals surface area contributed by atoms with Gasteiger partial charge in [-0.2, -0.15) is 0 Å². The van der Waals surface area contributed by atoms with E-state index in [4.69, 9.17) is 14.6 Å². The molecule has 1 aromatic carbocycles. The van der Waals surface area contributed by atoms with E-state index in [1.807, 2.05) is 12.1 Å². The van der Waals surface area contributed by atoms with Crippen LogP contribution < -0.4 is 14.8 Å². The van der Waals surface area contributed by atoms with Gasteiger partial charge in [0, 0.05) is 37.7 Å². The Labute approximate surface area is 157 Å². The number of carbonyl (C=O) groups is 2. The maximum absolute atomic E-state index is 12.3. The molecular weight excluding hydrogens is 350 g/mol. The van der Waals surface area contributed by atoms with Crippen molar-refractivity contribution < 1.29 is 24.2 Å². The predicted molar refractivity (Wildman–Crippen MR) is 100 cm³/mol. The van der Waals surface area contributed by atoms with Crippen molar-refractivity contribution >= 4 is 17.7 Å². The van der Waals surface area contributed by atoms with Crippen molar-refractivity contribution in [1.29, 1.82) is 0 Å². The minimum absolute atomic E-state index is 0.0999. The summed E-state index contributed by atoms with van der Waals surface area (Å²) in [7, 11) is 3.08. The van der Waals surface area contributed by atoms with E-state index in [2.05, 4.69) is 10.3 Å². The minimum atomic E-state index is -0.953. The zero-order chi connectivity index (χ0) is 19.8. The standard InChI is InChI=1S/C19H23N3O5/c1-13(18(23)24)11-22(2)19(25)21-15-4-5-16(26-3)17(10-15)27-12-14-6-8-20-9-7-14/h4-10,13H,11-12H2,1-3H3,(H,21,25)(H,23,24). The molecular formula is C19H23N3O5. The Morgan fingerprint density at radius 2 is 1.93 bits per heavy atom. The van der Waals surface area contributed by atoms with Gasteiger partial charge in [-0.3, -0.25) is 9.78 Å². The molecule has 0 bridgehead atoms. The first-order chi connectivity index (χ1) is 12.9. The molecule has 2 rings (SSSR count). The highest BCUT2D eigenvalue weighted by molar-refractivity contribution is 5.89. The minimum Gasteiger partial charge on any atom is -0.493 e. The van der Waals surface area contributed by atoms with E-state index in [0.29, 0.717) is 23.8 Å². The number of carboxylic acid groups (broad SMARTS) is 1. The average Bonchev–Trinajstić information content (AvgIpc) is 2.67. The van der Waals surface area contributed by atoms with Gasteiger partial charge in [-0.15, -0.1) is 0 Å². The number of amides is 2. The lowest BCUT2D eigenvalue weighted by Gasteiger charge is -2.20. The molecule has 8 heteroatoms. The number of urea groups is 1. The SMILES string of the molecule is COc1ccc(NC(=O)N(C)CC(C)C(=O)O)cc1OCc1ccncc1. The van der Waals surface area contributed by atoms with Crippen molar-refractivity contribution in [1.82, 2.24) is 9.88 Å². The van der Waals surface area contributed by atoms with Gasteiger partial charge in [0.15, 0.2) is 11.5 Å².